The molecule has 0 atom stereocenters. The van der Waals surface area contributed by atoms with Crippen molar-refractivity contribution in [2.75, 3.05) is 0 Å². The van der Waals surface area contributed by atoms with Crippen LogP contribution in [0.2, 0.25) is 0 Å². The molecule has 0 saturated carbocycles. The van der Waals surface area contributed by atoms with Crippen LogP contribution in [0.3, 0.4) is 0 Å². The summed E-state index contributed by atoms with van der Waals surface area (Å²) in [6.45, 7) is 3.45. The average molecular weight is 285 g/mol. The van der Waals surface area contributed by atoms with Crippen LogP contribution in [0, 0.1) is 13.8 Å². The number of hydrogen-bond acceptors (Lipinski definition) is 2. The Hall–Kier alpha value is -2.05. The number of ketones is 1. The predicted molar refractivity (Wildman–Crippen MR) is 66.4 cm³/mol. The maximum atomic E-state index is 12.4. The number of rotatable bonds is 3. The van der Waals surface area contributed by atoms with Gasteiger partial charge in [0.25, 0.3) is 0 Å². The maximum absolute atomic E-state index is 12.4. The summed E-state index contributed by atoms with van der Waals surface area (Å²) in [6.07, 6.45) is -3.33. The molecule has 2 rings (SSSR count). The molecule has 0 saturated heterocycles. The standard InChI is InChI=1S/C13H14F3N3O/c1-8-6-10(9(2)18(8)3)11(20)7-19-5-4-12(17-19)13(14,15)16/h4-6H,7H2,1-3H3. The lowest BCUT2D eigenvalue weighted by Gasteiger charge is -2.04. The minimum atomic E-state index is -4.49. The Kier molecular flexibility index (Phi) is 3.45. The highest BCUT2D eigenvalue weighted by Gasteiger charge is 2.33. The molecule has 0 bridgehead atoms. The predicted octanol–water partition coefficient (Wildman–Crippen LogP) is 2.74. The lowest BCUT2D eigenvalue weighted by molar-refractivity contribution is -0.141. The van der Waals surface area contributed by atoms with E-state index in [4.69, 9.17) is 0 Å². The number of nitrogens with zero attached hydrogens (tertiary/aromatic N) is 3. The summed E-state index contributed by atoms with van der Waals surface area (Å²) >= 11 is 0. The zero-order valence-electron chi connectivity index (χ0n) is 11.3. The molecule has 0 radical (unpaired) electrons. The molecule has 0 unspecified atom stereocenters. The van der Waals surface area contributed by atoms with Gasteiger partial charge in [0.1, 0.15) is 6.54 Å². The van der Waals surface area contributed by atoms with Crippen molar-refractivity contribution in [2.24, 2.45) is 7.05 Å². The molecule has 0 aliphatic rings. The number of Topliss-reactive ketones (excluding diaryl/α,β-unsaturated/α-hetero) is 1. The number of alkyl halides is 3. The smallest absolute Gasteiger partial charge is 0.351 e. The molecule has 108 valence electrons. The van der Waals surface area contributed by atoms with Gasteiger partial charge in [0.15, 0.2) is 11.5 Å². The summed E-state index contributed by atoms with van der Waals surface area (Å²) in [6, 6.07) is 2.59. The van der Waals surface area contributed by atoms with Crippen LogP contribution < -0.4 is 0 Å². The van der Waals surface area contributed by atoms with Gasteiger partial charge in [-0.1, -0.05) is 0 Å². The molecule has 0 N–H and O–H groups in total. The number of halogens is 3. The van der Waals surface area contributed by atoms with Crippen molar-refractivity contribution < 1.29 is 18.0 Å². The average Bonchev–Trinajstić information content (AvgIpc) is 2.90. The van der Waals surface area contributed by atoms with Gasteiger partial charge in [-0.05, 0) is 26.0 Å². The fraction of sp³-hybridized carbons (Fsp3) is 0.385. The molecule has 2 heterocycles. The first-order valence-electron chi connectivity index (χ1n) is 5.97. The van der Waals surface area contributed by atoms with Crippen molar-refractivity contribution in [2.45, 2.75) is 26.6 Å². The summed E-state index contributed by atoms with van der Waals surface area (Å²) < 4.78 is 40.1. The first-order chi connectivity index (χ1) is 9.20. The minimum Gasteiger partial charge on any atom is -0.351 e. The lowest BCUT2D eigenvalue weighted by Crippen LogP contribution is -2.13. The third-order valence-corrected chi connectivity index (χ3v) is 3.31. The third kappa shape index (κ3) is 2.61. The van der Waals surface area contributed by atoms with E-state index in [1.54, 1.807) is 13.0 Å². The Morgan fingerprint density at radius 1 is 1.35 bits per heavy atom. The van der Waals surface area contributed by atoms with E-state index in [0.29, 0.717) is 5.56 Å². The Labute approximate surface area is 113 Å². The summed E-state index contributed by atoms with van der Waals surface area (Å²) in [5, 5.41) is 3.37. The molecule has 0 amide bonds. The molecule has 4 nitrogen and oxygen atoms in total. The van der Waals surface area contributed by atoms with Crippen LogP contribution in [0.4, 0.5) is 13.2 Å². The largest absolute Gasteiger partial charge is 0.435 e. The molecule has 0 fully saturated rings. The van der Waals surface area contributed by atoms with Crippen LogP contribution >= 0.6 is 0 Å². The fourth-order valence-electron chi connectivity index (χ4n) is 1.97. The van der Waals surface area contributed by atoms with Gasteiger partial charge < -0.3 is 4.57 Å². The minimum absolute atomic E-state index is 0.208. The summed E-state index contributed by atoms with van der Waals surface area (Å²) in [5.41, 5.74) is 1.22. The molecule has 7 heteroatoms. The van der Waals surface area contributed by atoms with Crippen molar-refractivity contribution in [3.63, 3.8) is 0 Å². The van der Waals surface area contributed by atoms with Crippen LogP contribution in [-0.4, -0.2) is 20.1 Å². The zero-order chi connectivity index (χ0) is 15.1. The van der Waals surface area contributed by atoms with E-state index in [1.165, 1.54) is 0 Å². The van der Waals surface area contributed by atoms with Crippen LogP contribution in [0.1, 0.15) is 27.4 Å². The number of carbonyl (C=O) groups is 1. The maximum Gasteiger partial charge on any atom is 0.435 e. The highest BCUT2D eigenvalue weighted by Crippen LogP contribution is 2.27. The molecule has 0 aliphatic heterocycles. The van der Waals surface area contributed by atoms with E-state index in [-0.39, 0.29) is 12.3 Å². The lowest BCUT2D eigenvalue weighted by atomic mass is 10.1. The van der Waals surface area contributed by atoms with Crippen molar-refractivity contribution >= 4 is 5.78 Å². The van der Waals surface area contributed by atoms with E-state index in [9.17, 15) is 18.0 Å². The van der Waals surface area contributed by atoms with Gasteiger partial charge in [0, 0.05) is 30.2 Å². The number of hydrogen-bond donors (Lipinski definition) is 0. The SMILES string of the molecule is Cc1cc(C(=O)Cn2ccc(C(F)(F)F)n2)c(C)n1C. The monoisotopic (exact) mass is 285 g/mol. The van der Waals surface area contributed by atoms with Crippen molar-refractivity contribution in [1.82, 2.24) is 14.3 Å². The fourth-order valence-corrected chi connectivity index (χ4v) is 1.97. The van der Waals surface area contributed by atoms with Gasteiger partial charge in [-0.2, -0.15) is 18.3 Å². The molecular formula is C13H14F3N3O. The van der Waals surface area contributed by atoms with E-state index in [1.807, 2.05) is 18.5 Å². The normalized spacial score (nSPS) is 11.9. The van der Waals surface area contributed by atoms with Crippen molar-refractivity contribution in [1.29, 1.82) is 0 Å². The third-order valence-electron chi connectivity index (χ3n) is 3.31. The van der Waals surface area contributed by atoms with Gasteiger partial charge in [0.2, 0.25) is 0 Å². The number of aryl methyl sites for hydroxylation is 1. The molecule has 20 heavy (non-hydrogen) atoms. The number of aromatic nitrogens is 3. The van der Waals surface area contributed by atoms with E-state index >= 15 is 0 Å². The summed E-state index contributed by atoms with van der Waals surface area (Å²) in [7, 11) is 1.83. The summed E-state index contributed by atoms with van der Waals surface area (Å²) in [4.78, 5) is 12.1. The Bertz CT molecular complexity index is 652. The van der Waals surface area contributed by atoms with E-state index < -0.39 is 11.9 Å². The first-order valence-corrected chi connectivity index (χ1v) is 5.97. The van der Waals surface area contributed by atoms with Gasteiger partial charge in [0.05, 0.1) is 0 Å². The molecule has 2 aromatic rings. The highest BCUT2D eigenvalue weighted by molar-refractivity contribution is 5.97. The molecule has 0 aliphatic carbocycles. The van der Waals surface area contributed by atoms with E-state index in [0.717, 1.165) is 28.3 Å². The van der Waals surface area contributed by atoms with Crippen LogP contribution in [-0.2, 0) is 19.8 Å². The zero-order valence-corrected chi connectivity index (χ0v) is 11.3. The van der Waals surface area contributed by atoms with E-state index in [2.05, 4.69) is 5.10 Å². The Morgan fingerprint density at radius 3 is 2.45 bits per heavy atom. The summed E-state index contributed by atoms with van der Waals surface area (Å²) in [5.74, 6) is -0.261. The molecular weight excluding hydrogens is 271 g/mol. The van der Waals surface area contributed by atoms with Crippen molar-refractivity contribution in [3.05, 3.63) is 41.0 Å². The second-order valence-corrected chi connectivity index (χ2v) is 4.66. The second kappa shape index (κ2) is 4.81. The molecule has 0 aromatic carbocycles. The Balaban J connectivity index is 2.20. The van der Waals surface area contributed by atoms with Gasteiger partial charge in [-0.3, -0.25) is 9.48 Å². The van der Waals surface area contributed by atoms with Crippen molar-refractivity contribution in [3.8, 4) is 0 Å². The van der Waals surface area contributed by atoms with Crippen LogP contribution in [0.25, 0.3) is 0 Å². The quantitative estimate of drug-likeness (QED) is 0.813. The molecule has 2 aromatic heterocycles. The first kappa shape index (κ1) is 14.4. The topological polar surface area (TPSA) is 39.8 Å². The van der Waals surface area contributed by atoms with Gasteiger partial charge in [-0.15, -0.1) is 0 Å². The number of carbonyl (C=O) groups excluding carboxylic acids is 1. The molecule has 0 spiro atoms. The van der Waals surface area contributed by atoms with Gasteiger partial charge >= 0.3 is 6.18 Å². The second-order valence-electron chi connectivity index (χ2n) is 4.66. The van der Waals surface area contributed by atoms with Gasteiger partial charge in [-0.25, -0.2) is 0 Å². The van der Waals surface area contributed by atoms with Crippen LogP contribution in [0.5, 0.6) is 0 Å². The Morgan fingerprint density at radius 2 is 2.00 bits per heavy atom. The van der Waals surface area contributed by atoms with Crippen LogP contribution in [0.15, 0.2) is 18.3 Å². The highest BCUT2D eigenvalue weighted by atomic mass is 19.4.